The van der Waals surface area contributed by atoms with Crippen LogP contribution in [0.2, 0.25) is 0 Å². The van der Waals surface area contributed by atoms with Gasteiger partial charge in [-0.2, -0.15) is 9.98 Å². The molecule has 2 N–H and O–H groups in total. The minimum atomic E-state index is -3.96. The topological polar surface area (TPSA) is 107 Å². The van der Waals surface area contributed by atoms with Crippen molar-refractivity contribution in [1.82, 2.24) is 4.72 Å². The predicted octanol–water partition coefficient (Wildman–Crippen LogP) is 2.14. The Morgan fingerprint density at radius 3 is 2.58 bits per heavy atom. The van der Waals surface area contributed by atoms with E-state index in [0.717, 1.165) is 3.57 Å². The Kier molecular flexibility index (Phi) is 5.93. The number of carboxylic acid groups (broad SMARTS) is 1. The fraction of sp³-hybridized carbons (Fsp3) is 0.125. The van der Waals surface area contributed by atoms with Gasteiger partial charge in [0.05, 0.1) is 16.5 Å². The zero-order valence-corrected chi connectivity index (χ0v) is 15.3. The minimum absolute atomic E-state index is 0.00595. The van der Waals surface area contributed by atoms with E-state index in [4.69, 9.17) is 5.26 Å². The second-order valence-electron chi connectivity index (χ2n) is 4.99. The molecule has 0 aliphatic carbocycles. The van der Waals surface area contributed by atoms with E-state index in [1.54, 1.807) is 30.3 Å². The summed E-state index contributed by atoms with van der Waals surface area (Å²) in [5.74, 6) is -1.29. The van der Waals surface area contributed by atoms with Crippen LogP contribution < -0.4 is 4.72 Å². The lowest BCUT2D eigenvalue weighted by Crippen LogP contribution is -2.42. The van der Waals surface area contributed by atoms with Crippen molar-refractivity contribution in [3.05, 3.63) is 63.2 Å². The highest BCUT2D eigenvalue weighted by molar-refractivity contribution is 14.1. The maximum Gasteiger partial charge on any atom is 0.322 e. The summed E-state index contributed by atoms with van der Waals surface area (Å²) in [5.41, 5.74) is 0.948. The summed E-state index contributed by atoms with van der Waals surface area (Å²) in [5, 5.41) is 18.2. The summed E-state index contributed by atoms with van der Waals surface area (Å²) < 4.78 is 27.7. The first kappa shape index (κ1) is 18.4. The molecule has 1 atom stereocenters. The van der Waals surface area contributed by atoms with Gasteiger partial charge < -0.3 is 5.11 Å². The van der Waals surface area contributed by atoms with Gasteiger partial charge in [0.25, 0.3) is 0 Å². The summed E-state index contributed by atoms with van der Waals surface area (Å²) in [6.45, 7) is 0. The summed E-state index contributed by atoms with van der Waals surface area (Å²) >= 11 is 1.98. The lowest BCUT2D eigenvalue weighted by Gasteiger charge is -2.15. The van der Waals surface area contributed by atoms with E-state index in [9.17, 15) is 18.3 Å². The average Bonchev–Trinajstić information content (AvgIpc) is 2.54. The van der Waals surface area contributed by atoms with E-state index in [0.29, 0.717) is 11.1 Å². The van der Waals surface area contributed by atoms with Gasteiger partial charge in [-0.05, 0) is 64.9 Å². The molecule has 124 valence electrons. The molecule has 0 aliphatic heterocycles. The largest absolute Gasteiger partial charge is 0.480 e. The Balaban J connectivity index is 2.25. The fourth-order valence-corrected chi connectivity index (χ4v) is 4.06. The first-order valence-electron chi connectivity index (χ1n) is 6.81. The van der Waals surface area contributed by atoms with Crippen LogP contribution in [-0.4, -0.2) is 25.5 Å². The molecule has 0 spiro atoms. The molecule has 0 aromatic heterocycles. The molecule has 24 heavy (non-hydrogen) atoms. The molecule has 0 bridgehead atoms. The molecule has 0 aliphatic rings. The van der Waals surface area contributed by atoms with Crippen LogP contribution in [0.15, 0.2) is 53.4 Å². The van der Waals surface area contributed by atoms with Crippen LogP contribution in [0.3, 0.4) is 0 Å². The Bertz CT molecular complexity index is 906. The number of nitriles is 1. The second-order valence-corrected chi connectivity index (χ2v) is 7.95. The van der Waals surface area contributed by atoms with Gasteiger partial charge in [0.2, 0.25) is 10.0 Å². The molecule has 0 amide bonds. The maximum atomic E-state index is 12.4. The monoisotopic (exact) mass is 456 g/mol. The van der Waals surface area contributed by atoms with Crippen molar-refractivity contribution in [2.45, 2.75) is 17.4 Å². The Labute approximate surface area is 153 Å². The van der Waals surface area contributed by atoms with Crippen molar-refractivity contribution in [3.8, 4) is 6.07 Å². The van der Waals surface area contributed by atoms with Gasteiger partial charge in [0.15, 0.2) is 0 Å². The van der Waals surface area contributed by atoms with E-state index in [1.165, 1.54) is 18.2 Å². The summed E-state index contributed by atoms with van der Waals surface area (Å²) in [6.07, 6.45) is -0.0615. The second kappa shape index (κ2) is 7.74. The number of carboxylic acids is 1. The Morgan fingerprint density at radius 2 is 1.96 bits per heavy atom. The van der Waals surface area contributed by atoms with Gasteiger partial charge in [-0.3, -0.25) is 4.79 Å². The average molecular weight is 456 g/mol. The molecule has 0 unspecified atom stereocenters. The van der Waals surface area contributed by atoms with Gasteiger partial charge in [-0.1, -0.05) is 18.2 Å². The van der Waals surface area contributed by atoms with Gasteiger partial charge in [0.1, 0.15) is 6.04 Å². The van der Waals surface area contributed by atoms with Gasteiger partial charge in [-0.15, -0.1) is 0 Å². The molecule has 0 saturated carbocycles. The number of nitrogens with zero attached hydrogens (tertiary/aromatic N) is 1. The highest BCUT2D eigenvalue weighted by Gasteiger charge is 2.25. The quantitative estimate of drug-likeness (QED) is 0.648. The molecule has 0 heterocycles. The third-order valence-electron chi connectivity index (χ3n) is 3.20. The van der Waals surface area contributed by atoms with E-state index in [1.807, 2.05) is 28.7 Å². The number of carbonyl (C=O) groups is 1. The van der Waals surface area contributed by atoms with E-state index in [-0.39, 0.29) is 11.3 Å². The van der Waals surface area contributed by atoms with Crippen LogP contribution in [-0.2, 0) is 21.2 Å². The normalized spacial score (nSPS) is 12.3. The first-order chi connectivity index (χ1) is 11.3. The molecular weight excluding hydrogens is 443 g/mol. The molecule has 0 saturated heterocycles. The molecule has 2 aromatic rings. The SMILES string of the molecule is N#Cc1cccc(C[C@H](NS(=O)(=O)c2cccc(I)c2)C(=O)O)c1. The van der Waals surface area contributed by atoms with Crippen LogP contribution >= 0.6 is 22.6 Å². The lowest BCUT2D eigenvalue weighted by molar-refractivity contribution is -0.138. The van der Waals surface area contributed by atoms with Gasteiger partial charge in [0, 0.05) is 3.57 Å². The standard InChI is InChI=1S/C16H13IN2O4S/c17-13-5-2-6-14(9-13)24(22,23)19-15(16(20)21)8-11-3-1-4-12(7-11)10-18/h1-7,9,15,19H,8H2,(H,20,21)/t15-/m0/s1. The summed E-state index contributed by atoms with van der Waals surface area (Å²) in [6, 6.07) is 13.2. The fourth-order valence-electron chi connectivity index (χ4n) is 2.07. The lowest BCUT2D eigenvalue weighted by atomic mass is 10.0. The maximum absolute atomic E-state index is 12.4. The molecule has 0 fully saturated rings. The van der Waals surface area contributed by atoms with Crippen molar-refractivity contribution in [3.63, 3.8) is 0 Å². The number of aliphatic carboxylic acids is 1. The summed E-state index contributed by atoms with van der Waals surface area (Å²) in [7, 11) is -3.96. The van der Waals surface area contributed by atoms with E-state index >= 15 is 0 Å². The van der Waals surface area contributed by atoms with Crippen molar-refractivity contribution >= 4 is 38.6 Å². The number of rotatable bonds is 6. The van der Waals surface area contributed by atoms with Crippen LogP contribution in [0, 0.1) is 14.9 Å². The van der Waals surface area contributed by atoms with Crippen molar-refractivity contribution in [2.75, 3.05) is 0 Å². The van der Waals surface area contributed by atoms with Crippen LogP contribution in [0.4, 0.5) is 0 Å². The molecule has 6 nitrogen and oxygen atoms in total. The first-order valence-corrected chi connectivity index (χ1v) is 9.38. The highest BCUT2D eigenvalue weighted by atomic mass is 127. The van der Waals surface area contributed by atoms with Crippen LogP contribution in [0.1, 0.15) is 11.1 Å². The number of benzene rings is 2. The minimum Gasteiger partial charge on any atom is -0.480 e. The molecular formula is C16H13IN2O4S. The molecule has 2 rings (SSSR count). The van der Waals surface area contributed by atoms with Gasteiger partial charge >= 0.3 is 5.97 Å². The molecule has 2 aromatic carbocycles. The third kappa shape index (κ3) is 4.77. The number of halogens is 1. The van der Waals surface area contributed by atoms with Crippen molar-refractivity contribution < 1.29 is 18.3 Å². The third-order valence-corrected chi connectivity index (χ3v) is 5.34. The predicted molar refractivity (Wildman–Crippen MR) is 95.8 cm³/mol. The number of sulfonamides is 1. The highest BCUT2D eigenvalue weighted by Crippen LogP contribution is 2.15. The number of nitrogens with one attached hydrogen (secondary N) is 1. The van der Waals surface area contributed by atoms with Gasteiger partial charge in [-0.25, -0.2) is 8.42 Å². The van der Waals surface area contributed by atoms with Crippen LogP contribution in [0.25, 0.3) is 0 Å². The smallest absolute Gasteiger partial charge is 0.322 e. The van der Waals surface area contributed by atoms with E-state index < -0.39 is 22.0 Å². The number of hydrogen-bond donors (Lipinski definition) is 2. The Morgan fingerprint density at radius 1 is 1.25 bits per heavy atom. The Hall–Kier alpha value is -1.96. The zero-order valence-electron chi connectivity index (χ0n) is 12.3. The van der Waals surface area contributed by atoms with Crippen molar-refractivity contribution in [2.24, 2.45) is 0 Å². The number of hydrogen-bond acceptors (Lipinski definition) is 4. The summed E-state index contributed by atoms with van der Waals surface area (Å²) in [4.78, 5) is 11.4. The molecule has 0 radical (unpaired) electrons. The van der Waals surface area contributed by atoms with Crippen molar-refractivity contribution in [1.29, 1.82) is 5.26 Å². The zero-order chi connectivity index (χ0) is 17.7. The van der Waals surface area contributed by atoms with Crippen LogP contribution in [0.5, 0.6) is 0 Å². The molecule has 8 heteroatoms. The van der Waals surface area contributed by atoms with E-state index in [2.05, 4.69) is 4.72 Å².